The van der Waals surface area contributed by atoms with Crippen molar-refractivity contribution in [3.8, 4) is 0 Å². The van der Waals surface area contributed by atoms with Crippen LogP contribution in [0.2, 0.25) is 0 Å². The van der Waals surface area contributed by atoms with Crippen LogP contribution in [0.25, 0.3) is 0 Å². The maximum absolute atomic E-state index is 13.8. The topological polar surface area (TPSA) is 56.7 Å². The van der Waals surface area contributed by atoms with Gasteiger partial charge < -0.3 is 10.0 Å². The number of hydrogen-bond donors (Lipinski definition) is 1. The van der Waals surface area contributed by atoms with Crippen molar-refractivity contribution in [2.24, 2.45) is 0 Å². The third-order valence-corrected chi connectivity index (χ3v) is 5.21. The molecule has 0 bridgehead atoms. The molecule has 0 spiro atoms. The van der Waals surface area contributed by atoms with Gasteiger partial charge in [-0.2, -0.15) is 13.2 Å². The van der Waals surface area contributed by atoms with E-state index in [4.69, 9.17) is 0 Å². The fraction of sp³-hybridized carbons (Fsp3) is 0.400. The number of carboxylic acid groups (broad SMARTS) is 1. The van der Waals surface area contributed by atoms with Crippen molar-refractivity contribution in [1.82, 2.24) is 14.8 Å². The molecule has 1 fully saturated rings. The third-order valence-electron chi connectivity index (χ3n) is 5.21. The molecule has 3 rings (SSSR count). The Bertz CT molecular complexity index is 920. The van der Waals surface area contributed by atoms with Crippen LogP contribution in [0.1, 0.15) is 36.8 Å². The summed E-state index contributed by atoms with van der Waals surface area (Å²) in [5, 5.41) is 9.36. The summed E-state index contributed by atoms with van der Waals surface area (Å²) in [6.45, 7) is 3.76. The second kappa shape index (κ2) is 8.17. The molecule has 30 heavy (non-hydrogen) atoms. The first kappa shape index (κ1) is 21.9. The lowest BCUT2D eigenvalue weighted by Gasteiger charge is -2.46. The Kier molecular flexibility index (Phi) is 5.98. The Morgan fingerprint density at radius 3 is 2.27 bits per heavy atom. The van der Waals surface area contributed by atoms with Crippen molar-refractivity contribution in [2.75, 3.05) is 13.1 Å². The molecule has 1 amide bonds. The number of amides is 1. The number of benzene rings is 1. The molecule has 5 nitrogen and oxygen atoms in total. The predicted molar refractivity (Wildman–Crippen MR) is 97.8 cm³/mol. The number of carbonyl (C=O) groups is 1. The molecule has 1 unspecified atom stereocenters. The Morgan fingerprint density at radius 2 is 1.70 bits per heavy atom. The quantitative estimate of drug-likeness (QED) is 0.728. The van der Waals surface area contributed by atoms with Gasteiger partial charge in [0.25, 0.3) is 0 Å². The molecular weight excluding hydrogens is 409 g/mol. The van der Waals surface area contributed by atoms with Crippen LogP contribution in [0.4, 0.5) is 26.7 Å². The average molecular weight is 429 g/mol. The van der Waals surface area contributed by atoms with Gasteiger partial charge in [-0.25, -0.2) is 18.6 Å². The summed E-state index contributed by atoms with van der Waals surface area (Å²) in [5.41, 5.74) is -1.22. The van der Waals surface area contributed by atoms with Gasteiger partial charge in [-0.3, -0.25) is 4.90 Å². The number of rotatable bonds is 3. The van der Waals surface area contributed by atoms with E-state index in [0.717, 1.165) is 0 Å². The van der Waals surface area contributed by atoms with E-state index >= 15 is 0 Å². The van der Waals surface area contributed by atoms with E-state index in [-0.39, 0.29) is 24.8 Å². The SMILES string of the molecule is C[C@@H]1CN(C(=O)O)[C@@H](C)CN1C(c1ccc(F)cc1)c1ccc(F)c(C(F)(F)F)n1. The summed E-state index contributed by atoms with van der Waals surface area (Å²) >= 11 is 0. The van der Waals surface area contributed by atoms with Crippen LogP contribution < -0.4 is 0 Å². The minimum Gasteiger partial charge on any atom is -0.465 e. The fourth-order valence-electron chi connectivity index (χ4n) is 3.77. The molecule has 1 saturated heterocycles. The molecule has 1 aromatic heterocycles. The Balaban J connectivity index is 2.09. The summed E-state index contributed by atoms with van der Waals surface area (Å²) in [6.07, 6.45) is -6.07. The van der Waals surface area contributed by atoms with Crippen LogP contribution >= 0.6 is 0 Å². The molecular formula is C20H20F5N3O2. The molecule has 2 heterocycles. The van der Waals surface area contributed by atoms with Crippen molar-refractivity contribution in [2.45, 2.75) is 38.1 Å². The van der Waals surface area contributed by atoms with E-state index in [9.17, 15) is 31.9 Å². The van der Waals surface area contributed by atoms with E-state index < -0.39 is 41.7 Å². The molecule has 3 atom stereocenters. The first-order valence-corrected chi connectivity index (χ1v) is 9.23. The molecule has 0 aliphatic carbocycles. The van der Waals surface area contributed by atoms with Gasteiger partial charge in [-0.1, -0.05) is 12.1 Å². The van der Waals surface area contributed by atoms with Crippen LogP contribution in [0.15, 0.2) is 36.4 Å². The number of nitrogens with zero attached hydrogens (tertiary/aromatic N) is 3. The van der Waals surface area contributed by atoms with E-state index in [1.54, 1.807) is 18.7 Å². The number of aromatic nitrogens is 1. The van der Waals surface area contributed by atoms with E-state index in [2.05, 4.69) is 4.98 Å². The number of alkyl halides is 3. The minimum atomic E-state index is -4.98. The van der Waals surface area contributed by atoms with Crippen molar-refractivity contribution in [3.63, 3.8) is 0 Å². The van der Waals surface area contributed by atoms with Gasteiger partial charge in [0.15, 0.2) is 11.5 Å². The van der Waals surface area contributed by atoms with Gasteiger partial charge in [-0.15, -0.1) is 0 Å². The monoisotopic (exact) mass is 429 g/mol. The Hall–Kier alpha value is -2.75. The highest BCUT2D eigenvalue weighted by Crippen LogP contribution is 2.36. The predicted octanol–water partition coefficient (Wildman–Crippen LogP) is 4.54. The molecule has 0 saturated carbocycles. The number of halogens is 5. The first-order valence-electron chi connectivity index (χ1n) is 9.23. The molecule has 1 N–H and O–H groups in total. The molecule has 162 valence electrons. The van der Waals surface area contributed by atoms with Gasteiger partial charge >= 0.3 is 12.3 Å². The lowest BCUT2D eigenvalue weighted by Crippen LogP contribution is -2.58. The summed E-state index contributed by atoms with van der Waals surface area (Å²) in [6, 6.07) is 5.43. The molecule has 1 aromatic carbocycles. The largest absolute Gasteiger partial charge is 0.465 e. The van der Waals surface area contributed by atoms with Gasteiger partial charge in [0, 0.05) is 25.2 Å². The molecule has 1 aliphatic heterocycles. The molecule has 2 aromatic rings. The maximum Gasteiger partial charge on any atom is 0.436 e. The lowest BCUT2D eigenvalue weighted by atomic mass is 9.96. The summed E-state index contributed by atoms with van der Waals surface area (Å²) in [5.74, 6) is -2.00. The summed E-state index contributed by atoms with van der Waals surface area (Å²) in [4.78, 5) is 18.1. The lowest BCUT2D eigenvalue weighted by molar-refractivity contribution is -0.143. The second-order valence-electron chi connectivity index (χ2n) is 7.35. The number of piperazine rings is 1. The van der Waals surface area contributed by atoms with Crippen LogP contribution in [0.5, 0.6) is 0 Å². The van der Waals surface area contributed by atoms with Crippen LogP contribution in [0.3, 0.4) is 0 Å². The molecule has 1 aliphatic rings. The van der Waals surface area contributed by atoms with E-state index in [1.165, 1.54) is 35.2 Å². The minimum absolute atomic E-state index is 0.0573. The van der Waals surface area contributed by atoms with Gasteiger partial charge in [0.1, 0.15) is 5.82 Å². The average Bonchev–Trinajstić information content (AvgIpc) is 2.66. The van der Waals surface area contributed by atoms with Gasteiger partial charge in [0.05, 0.1) is 11.7 Å². The zero-order chi connectivity index (χ0) is 22.2. The zero-order valence-corrected chi connectivity index (χ0v) is 16.2. The van der Waals surface area contributed by atoms with Gasteiger partial charge in [-0.05, 0) is 43.7 Å². The first-order chi connectivity index (χ1) is 14.0. The summed E-state index contributed by atoms with van der Waals surface area (Å²) < 4.78 is 66.9. The van der Waals surface area contributed by atoms with Crippen LogP contribution in [-0.2, 0) is 6.18 Å². The highest BCUT2D eigenvalue weighted by Gasteiger charge is 2.40. The van der Waals surface area contributed by atoms with Crippen LogP contribution in [-0.4, -0.2) is 51.2 Å². The summed E-state index contributed by atoms with van der Waals surface area (Å²) in [7, 11) is 0. The molecule has 10 heteroatoms. The van der Waals surface area contributed by atoms with E-state index in [1.807, 2.05) is 0 Å². The number of hydrogen-bond acceptors (Lipinski definition) is 3. The van der Waals surface area contributed by atoms with Crippen molar-refractivity contribution in [1.29, 1.82) is 0 Å². The second-order valence-corrected chi connectivity index (χ2v) is 7.35. The fourth-order valence-corrected chi connectivity index (χ4v) is 3.77. The van der Waals surface area contributed by atoms with Crippen LogP contribution in [0, 0.1) is 11.6 Å². The smallest absolute Gasteiger partial charge is 0.436 e. The van der Waals surface area contributed by atoms with Crippen molar-refractivity contribution < 1.29 is 31.9 Å². The Morgan fingerprint density at radius 1 is 1.07 bits per heavy atom. The zero-order valence-electron chi connectivity index (χ0n) is 16.2. The normalized spacial score (nSPS) is 21.5. The van der Waals surface area contributed by atoms with Gasteiger partial charge in [0.2, 0.25) is 0 Å². The maximum atomic E-state index is 13.8. The standard InChI is InChI=1S/C20H20F5N3O2/c1-11-10-28(19(29)30)12(2)9-27(11)17(13-3-5-14(21)6-4-13)16-8-7-15(22)18(26-16)20(23,24)25/h3-8,11-12,17H,9-10H2,1-2H3,(H,29,30)/t11-,12+,17?/m1/s1. The number of pyridine rings is 1. The highest BCUT2D eigenvalue weighted by molar-refractivity contribution is 5.65. The molecule has 0 radical (unpaired) electrons. The van der Waals surface area contributed by atoms with Crippen molar-refractivity contribution in [3.05, 3.63) is 65.0 Å². The Labute approximate surface area is 169 Å². The van der Waals surface area contributed by atoms with Crippen molar-refractivity contribution >= 4 is 6.09 Å². The third kappa shape index (κ3) is 4.38. The van der Waals surface area contributed by atoms with E-state index in [0.29, 0.717) is 11.6 Å². The highest BCUT2D eigenvalue weighted by atomic mass is 19.4.